The van der Waals surface area contributed by atoms with Crippen molar-refractivity contribution in [3.63, 3.8) is 0 Å². The molecule has 3 aromatic rings. The lowest BCUT2D eigenvalue weighted by Crippen LogP contribution is -1.98. The summed E-state index contributed by atoms with van der Waals surface area (Å²) in [5.74, 6) is -0.0507. The Hall–Kier alpha value is -2.98. The van der Waals surface area contributed by atoms with Gasteiger partial charge >= 0.3 is 11.4 Å². The number of ether oxygens (including phenoxy) is 1. The summed E-state index contributed by atoms with van der Waals surface area (Å²) < 4.78 is 6.70. The molecule has 10 heteroatoms. The molecule has 0 unspecified atom stereocenters. The van der Waals surface area contributed by atoms with E-state index in [0.717, 1.165) is 5.56 Å². The first-order valence-electron chi connectivity index (χ1n) is 8.01. The van der Waals surface area contributed by atoms with Crippen LogP contribution < -0.4 is 4.74 Å². The van der Waals surface area contributed by atoms with Gasteiger partial charge < -0.3 is 9.84 Å². The second kappa shape index (κ2) is 10.5. The molecule has 0 spiro atoms. The molecule has 0 fully saturated rings. The summed E-state index contributed by atoms with van der Waals surface area (Å²) in [4.78, 5) is 20.0. The minimum atomic E-state index is -0.639. The molecule has 150 valence electrons. The first kappa shape index (κ1) is 22.3. The Morgan fingerprint density at radius 2 is 1.38 bits per heavy atom. The van der Waals surface area contributed by atoms with Crippen LogP contribution >= 0.6 is 31.9 Å². The van der Waals surface area contributed by atoms with E-state index >= 15 is 0 Å². The summed E-state index contributed by atoms with van der Waals surface area (Å²) >= 11 is 6.25. The number of benzene rings is 3. The van der Waals surface area contributed by atoms with E-state index in [1.165, 1.54) is 24.3 Å². The zero-order valence-electron chi connectivity index (χ0n) is 14.7. The van der Waals surface area contributed by atoms with Gasteiger partial charge in [-0.05, 0) is 29.8 Å². The number of phenols is 1. The number of phenolic OH excluding ortho intramolecular Hbond substituents is 1. The lowest BCUT2D eigenvalue weighted by atomic mass is 10.2. The van der Waals surface area contributed by atoms with Gasteiger partial charge in [-0.15, -0.1) is 0 Å². The van der Waals surface area contributed by atoms with E-state index < -0.39 is 9.85 Å². The third-order valence-corrected chi connectivity index (χ3v) is 4.48. The lowest BCUT2D eigenvalue weighted by molar-refractivity contribution is -0.386. The maximum Gasteiger partial charge on any atom is 0.312 e. The van der Waals surface area contributed by atoms with Crippen molar-refractivity contribution >= 4 is 43.2 Å². The molecule has 0 saturated heterocycles. The maximum atomic E-state index is 10.9. The van der Waals surface area contributed by atoms with Gasteiger partial charge in [0.1, 0.15) is 6.61 Å². The van der Waals surface area contributed by atoms with E-state index in [1.54, 1.807) is 12.1 Å². The lowest BCUT2D eigenvalue weighted by Gasteiger charge is -2.06. The average Bonchev–Trinajstić information content (AvgIpc) is 2.70. The number of nitro groups is 2. The Morgan fingerprint density at radius 1 is 0.828 bits per heavy atom. The van der Waals surface area contributed by atoms with Gasteiger partial charge in [-0.3, -0.25) is 20.2 Å². The zero-order valence-corrected chi connectivity index (χ0v) is 17.9. The molecule has 0 aliphatic heterocycles. The van der Waals surface area contributed by atoms with Gasteiger partial charge in [-0.2, -0.15) is 0 Å². The van der Waals surface area contributed by atoms with Gasteiger partial charge in [0.15, 0.2) is 11.5 Å². The van der Waals surface area contributed by atoms with Gasteiger partial charge in [-0.25, -0.2) is 0 Å². The van der Waals surface area contributed by atoms with Crippen molar-refractivity contribution in [2.45, 2.75) is 6.61 Å². The molecule has 3 rings (SSSR count). The Bertz CT molecular complexity index is 1010. The number of aromatic hydroxyl groups is 1. The fourth-order valence-electron chi connectivity index (χ4n) is 2.13. The van der Waals surface area contributed by atoms with Crippen LogP contribution in [0, 0.1) is 20.2 Å². The van der Waals surface area contributed by atoms with E-state index in [1.807, 2.05) is 30.3 Å². The summed E-state index contributed by atoms with van der Waals surface area (Å²) in [5.41, 5.74) is 0.634. The number of rotatable bonds is 5. The van der Waals surface area contributed by atoms with Gasteiger partial charge in [0.2, 0.25) is 0 Å². The van der Waals surface area contributed by atoms with Crippen LogP contribution in [0.5, 0.6) is 11.5 Å². The summed E-state index contributed by atoms with van der Waals surface area (Å²) in [7, 11) is 0. The molecule has 29 heavy (non-hydrogen) atoms. The Balaban J connectivity index is 0.000000234. The molecule has 0 aromatic heterocycles. The van der Waals surface area contributed by atoms with Crippen molar-refractivity contribution in [1.29, 1.82) is 0 Å². The van der Waals surface area contributed by atoms with Crippen LogP contribution in [0.1, 0.15) is 5.56 Å². The SMILES string of the molecule is O=[N+]([O-])c1cc(Br)ccc1O.O=[N+]([O-])c1cc(Br)ccc1OCc1ccccc1. The molecule has 0 bridgehead atoms. The predicted molar refractivity (Wildman–Crippen MR) is 114 cm³/mol. The van der Waals surface area contributed by atoms with Crippen molar-refractivity contribution in [2.24, 2.45) is 0 Å². The second-order valence-electron chi connectivity index (χ2n) is 5.53. The van der Waals surface area contributed by atoms with E-state index in [4.69, 9.17) is 9.84 Å². The molecular weight excluding hydrogens is 512 g/mol. The van der Waals surface area contributed by atoms with E-state index in [-0.39, 0.29) is 22.9 Å². The zero-order chi connectivity index (χ0) is 21.4. The summed E-state index contributed by atoms with van der Waals surface area (Å²) in [6.07, 6.45) is 0. The van der Waals surface area contributed by atoms with Crippen LogP contribution in [-0.4, -0.2) is 15.0 Å². The standard InChI is InChI=1S/C13H10BrNO3.C6H4BrNO3/c14-11-6-7-13(12(8-11)15(16)17)18-9-10-4-2-1-3-5-10;7-4-1-2-6(9)5(3-4)8(10)11/h1-8H,9H2;1-3,9H. The fourth-order valence-corrected chi connectivity index (χ4v) is 2.83. The molecule has 0 heterocycles. The molecule has 0 atom stereocenters. The van der Waals surface area contributed by atoms with Crippen molar-refractivity contribution in [3.05, 3.63) is 101 Å². The van der Waals surface area contributed by atoms with Crippen LogP contribution in [0.25, 0.3) is 0 Å². The first-order valence-corrected chi connectivity index (χ1v) is 9.60. The number of nitrogens with zero attached hydrogens (tertiary/aromatic N) is 2. The number of hydrogen-bond donors (Lipinski definition) is 1. The van der Waals surface area contributed by atoms with Crippen LogP contribution in [0.4, 0.5) is 11.4 Å². The van der Waals surface area contributed by atoms with Gasteiger partial charge in [0, 0.05) is 21.1 Å². The van der Waals surface area contributed by atoms with E-state index in [9.17, 15) is 20.2 Å². The van der Waals surface area contributed by atoms with Gasteiger partial charge in [0.05, 0.1) is 9.85 Å². The predicted octanol–water partition coefficient (Wildman–Crippen LogP) is 6.00. The third kappa shape index (κ3) is 6.84. The summed E-state index contributed by atoms with van der Waals surface area (Å²) in [6, 6.07) is 18.3. The molecule has 1 N–H and O–H groups in total. The fraction of sp³-hybridized carbons (Fsp3) is 0.0526. The highest BCUT2D eigenvalue weighted by molar-refractivity contribution is 9.10. The Labute approximate surface area is 182 Å². The molecule has 8 nitrogen and oxygen atoms in total. The summed E-state index contributed by atoms with van der Waals surface area (Å²) in [5, 5.41) is 30.0. The number of halogens is 2. The van der Waals surface area contributed by atoms with Crippen molar-refractivity contribution in [3.8, 4) is 11.5 Å². The smallest absolute Gasteiger partial charge is 0.312 e. The molecule has 3 aromatic carbocycles. The first-order chi connectivity index (χ1) is 13.8. The summed E-state index contributed by atoms with van der Waals surface area (Å²) in [6.45, 7) is 0.309. The third-order valence-electron chi connectivity index (χ3n) is 3.49. The van der Waals surface area contributed by atoms with Gasteiger partial charge in [0.25, 0.3) is 0 Å². The van der Waals surface area contributed by atoms with Crippen LogP contribution in [0.15, 0.2) is 75.7 Å². The topological polar surface area (TPSA) is 116 Å². The molecule has 0 saturated carbocycles. The van der Waals surface area contributed by atoms with E-state index in [2.05, 4.69) is 31.9 Å². The van der Waals surface area contributed by atoms with Crippen LogP contribution in [0.2, 0.25) is 0 Å². The minimum Gasteiger partial charge on any atom is -0.502 e. The molecule has 0 aliphatic rings. The highest BCUT2D eigenvalue weighted by Crippen LogP contribution is 2.30. The van der Waals surface area contributed by atoms with Crippen LogP contribution in [-0.2, 0) is 6.61 Å². The second-order valence-corrected chi connectivity index (χ2v) is 7.36. The highest BCUT2D eigenvalue weighted by Gasteiger charge is 2.15. The quantitative estimate of drug-likeness (QED) is 0.322. The molecular formula is C19H14Br2N2O6. The Kier molecular flexibility index (Phi) is 8.10. The van der Waals surface area contributed by atoms with Crippen LogP contribution in [0.3, 0.4) is 0 Å². The number of hydrogen-bond acceptors (Lipinski definition) is 6. The van der Waals surface area contributed by atoms with Crippen molar-refractivity contribution < 1.29 is 19.7 Å². The van der Waals surface area contributed by atoms with E-state index in [0.29, 0.717) is 15.6 Å². The monoisotopic (exact) mass is 524 g/mol. The normalized spacial score (nSPS) is 9.86. The van der Waals surface area contributed by atoms with Gasteiger partial charge in [-0.1, -0.05) is 62.2 Å². The number of nitro benzene ring substituents is 2. The van der Waals surface area contributed by atoms with Crippen molar-refractivity contribution in [1.82, 2.24) is 0 Å². The van der Waals surface area contributed by atoms with Crippen molar-refractivity contribution in [2.75, 3.05) is 0 Å². The average molecular weight is 526 g/mol. The molecule has 0 aliphatic carbocycles. The largest absolute Gasteiger partial charge is 0.502 e. The molecule has 0 radical (unpaired) electrons. The maximum absolute atomic E-state index is 10.9. The Morgan fingerprint density at radius 3 is 1.93 bits per heavy atom. The molecule has 0 amide bonds. The highest BCUT2D eigenvalue weighted by atomic mass is 79.9. The minimum absolute atomic E-state index is 0.0414.